The molecular formula is C19H24N4O5. The Balaban J connectivity index is 1.48. The molecule has 1 amide bonds. The first-order chi connectivity index (χ1) is 13.6. The smallest absolute Gasteiger partial charge is 0.337 e. The molecule has 2 aromatic rings. The molecule has 150 valence electrons. The first-order valence-electron chi connectivity index (χ1n) is 9.26. The number of likely N-dealkylation sites (N-methyl/N-ethyl adjacent to an activating group) is 1. The lowest BCUT2D eigenvalue weighted by Crippen LogP contribution is -2.40. The lowest BCUT2D eigenvalue weighted by molar-refractivity contribution is 0.0600. The number of nitrogens with zero attached hydrogens (tertiary/aromatic N) is 3. The Morgan fingerprint density at radius 3 is 2.82 bits per heavy atom. The third-order valence-electron chi connectivity index (χ3n) is 4.71. The minimum absolute atomic E-state index is 0.0423. The number of likely N-dealkylation sites (tertiary alicyclic amines) is 1. The van der Waals surface area contributed by atoms with E-state index in [-0.39, 0.29) is 24.2 Å². The Bertz CT molecular complexity index is 805. The van der Waals surface area contributed by atoms with E-state index in [1.54, 1.807) is 24.3 Å². The molecule has 28 heavy (non-hydrogen) atoms. The highest BCUT2D eigenvalue weighted by molar-refractivity contribution is 5.89. The lowest BCUT2D eigenvalue weighted by Gasteiger charge is -2.22. The number of hydrogen-bond donors (Lipinski definition) is 1. The molecule has 0 spiro atoms. The summed E-state index contributed by atoms with van der Waals surface area (Å²) in [6.45, 7) is 4.77. The van der Waals surface area contributed by atoms with Gasteiger partial charge in [-0.1, -0.05) is 12.1 Å². The maximum absolute atomic E-state index is 12.2. The van der Waals surface area contributed by atoms with Gasteiger partial charge in [-0.05, 0) is 50.2 Å². The van der Waals surface area contributed by atoms with Crippen LogP contribution in [0.5, 0.6) is 5.75 Å². The second-order valence-electron chi connectivity index (χ2n) is 6.46. The molecule has 1 aromatic carbocycles. The normalized spacial score (nSPS) is 16.7. The number of amides is 1. The van der Waals surface area contributed by atoms with Crippen molar-refractivity contribution in [3.05, 3.63) is 41.5 Å². The molecule has 9 nitrogen and oxygen atoms in total. The van der Waals surface area contributed by atoms with Crippen LogP contribution in [0, 0.1) is 0 Å². The second kappa shape index (κ2) is 9.32. The molecule has 1 aliphatic rings. The molecule has 2 heterocycles. The average molecular weight is 388 g/mol. The lowest BCUT2D eigenvalue weighted by atomic mass is 10.2. The van der Waals surface area contributed by atoms with E-state index < -0.39 is 5.97 Å². The van der Waals surface area contributed by atoms with E-state index in [1.165, 1.54) is 7.11 Å². The highest BCUT2D eigenvalue weighted by Gasteiger charge is 2.24. The van der Waals surface area contributed by atoms with Gasteiger partial charge in [0.15, 0.2) is 6.61 Å². The summed E-state index contributed by atoms with van der Waals surface area (Å²) >= 11 is 0. The van der Waals surface area contributed by atoms with Crippen molar-refractivity contribution in [2.45, 2.75) is 32.4 Å². The van der Waals surface area contributed by atoms with Gasteiger partial charge in [-0.15, -0.1) is 0 Å². The second-order valence-corrected chi connectivity index (χ2v) is 6.46. The van der Waals surface area contributed by atoms with Gasteiger partial charge in [-0.25, -0.2) is 4.79 Å². The van der Waals surface area contributed by atoms with Crippen LogP contribution in [0.15, 0.2) is 28.8 Å². The first kappa shape index (κ1) is 19.8. The van der Waals surface area contributed by atoms with Gasteiger partial charge in [0, 0.05) is 12.6 Å². The molecule has 1 aliphatic heterocycles. The summed E-state index contributed by atoms with van der Waals surface area (Å²) in [6, 6.07) is 6.83. The predicted molar refractivity (Wildman–Crippen MR) is 99.0 cm³/mol. The topological polar surface area (TPSA) is 107 Å². The van der Waals surface area contributed by atoms with Gasteiger partial charge in [0.05, 0.1) is 12.7 Å². The SMILES string of the molecule is CCN1CCCC1CNC(=O)c1nc(COc2ccc(C(=O)OC)cc2)no1. The zero-order valence-electron chi connectivity index (χ0n) is 16.0. The van der Waals surface area contributed by atoms with E-state index in [0.717, 1.165) is 25.9 Å². The van der Waals surface area contributed by atoms with Crippen molar-refractivity contribution in [2.75, 3.05) is 26.7 Å². The van der Waals surface area contributed by atoms with E-state index in [4.69, 9.17) is 9.26 Å². The van der Waals surface area contributed by atoms with E-state index in [0.29, 0.717) is 23.9 Å². The maximum Gasteiger partial charge on any atom is 0.337 e. The van der Waals surface area contributed by atoms with Crippen molar-refractivity contribution < 1.29 is 23.6 Å². The van der Waals surface area contributed by atoms with Gasteiger partial charge < -0.3 is 19.3 Å². The summed E-state index contributed by atoms with van der Waals surface area (Å²) in [7, 11) is 1.32. The molecule has 9 heteroatoms. The Hall–Kier alpha value is -2.94. The zero-order valence-corrected chi connectivity index (χ0v) is 16.0. The first-order valence-corrected chi connectivity index (χ1v) is 9.26. The van der Waals surface area contributed by atoms with Crippen molar-refractivity contribution in [1.82, 2.24) is 20.4 Å². The largest absolute Gasteiger partial charge is 0.485 e. The third kappa shape index (κ3) is 4.86. The minimum Gasteiger partial charge on any atom is -0.485 e. The maximum atomic E-state index is 12.2. The van der Waals surface area contributed by atoms with Gasteiger partial charge in [0.2, 0.25) is 5.82 Å². The monoisotopic (exact) mass is 388 g/mol. The van der Waals surface area contributed by atoms with Crippen molar-refractivity contribution in [1.29, 1.82) is 0 Å². The molecule has 1 aromatic heterocycles. The number of carbonyl (C=O) groups excluding carboxylic acids is 2. The third-order valence-corrected chi connectivity index (χ3v) is 4.71. The summed E-state index contributed by atoms with van der Waals surface area (Å²) < 4.78 is 15.2. The summed E-state index contributed by atoms with van der Waals surface area (Å²) in [6.07, 6.45) is 2.23. The van der Waals surface area contributed by atoms with E-state index >= 15 is 0 Å². The van der Waals surface area contributed by atoms with Gasteiger partial charge in [0.1, 0.15) is 5.75 Å². The van der Waals surface area contributed by atoms with Crippen LogP contribution >= 0.6 is 0 Å². The number of ether oxygens (including phenoxy) is 2. The molecule has 1 saturated heterocycles. The number of rotatable bonds is 8. The Kier molecular flexibility index (Phi) is 6.59. The Morgan fingerprint density at radius 2 is 2.11 bits per heavy atom. The highest BCUT2D eigenvalue weighted by Crippen LogP contribution is 2.16. The zero-order chi connectivity index (χ0) is 19.9. The molecule has 3 rings (SSSR count). The van der Waals surface area contributed by atoms with Gasteiger partial charge >= 0.3 is 17.8 Å². The predicted octanol–water partition coefficient (Wildman–Crippen LogP) is 1.65. The van der Waals surface area contributed by atoms with Crippen LogP contribution in [-0.4, -0.2) is 59.7 Å². The molecule has 0 aliphatic carbocycles. The number of aromatic nitrogens is 2. The summed E-state index contributed by atoms with van der Waals surface area (Å²) in [5, 5.41) is 6.62. The van der Waals surface area contributed by atoms with Crippen molar-refractivity contribution >= 4 is 11.9 Å². The number of carbonyl (C=O) groups is 2. The number of methoxy groups -OCH3 is 1. The molecule has 1 unspecified atom stereocenters. The summed E-state index contributed by atoms with van der Waals surface area (Å²) in [5.74, 6) is -0.0903. The van der Waals surface area contributed by atoms with E-state index in [1.807, 2.05) is 0 Å². The standard InChI is InChI=1S/C19H24N4O5/c1-3-23-10-4-5-14(23)11-20-17(24)18-21-16(22-28-18)12-27-15-8-6-13(7-9-15)19(25)26-2/h6-9,14H,3-5,10-12H2,1-2H3,(H,20,24). The molecule has 1 N–H and O–H groups in total. The molecule has 0 radical (unpaired) electrons. The average Bonchev–Trinajstić information content (AvgIpc) is 3.39. The van der Waals surface area contributed by atoms with Crippen molar-refractivity contribution in [2.24, 2.45) is 0 Å². The van der Waals surface area contributed by atoms with Crippen LogP contribution in [0.2, 0.25) is 0 Å². The number of hydrogen-bond acceptors (Lipinski definition) is 8. The number of esters is 1. The fourth-order valence-corrected chi connectivity index (χ4v) is 3.19. The van der Waals surface area contributed by atoms with Crippen LogP contribution in [0.1, 0.15) is 46.6 Å². The van der Waals surface area contributed by atoms with Gasteiger partial charge in [-0.2, -0.15) is 4.98 Å². The fourth-order valence-electron chi connectivity index (χ4n) is 3.19. The van der Waals surface area contributed by atoms with Crippen LogP contribution in [-0.2, 0) is 11.3 Å². The number of nitrogens with one attached hydrogen (secondary N) is 1. The van der Waals surface area contributed by atoms with Crippen molar-refractivity contribution in [3.8, 4) is 5.75 Å². The molecule has 0 saturated carbocycles. The number of benzene rings is 1. The van der Waals surface area contributed by atoms with Crippen LogP contribution in [0.25, 0.3) is 0 Å². The molecule has 1 atom stereocenters. The fraction of sp³-hybridized carbons (Fsp3) is 0.474. The Labute approximate surface area is 163 Å². The van der Waals surface area contributed by atoms with E-state index in [9.17, 15) is 9.59 Å². The van der Waals surface area contributed by atoms with E-state index in [2.05, 4.69) is 32.0 Å². The molecular weight excluding hydrogens is 364 g/mol. The van der Waals surface area contributed by atoms with Gasteiger partial charge in [0.25, 0.3) is 0 Å². The van der Waals surface area contributed by atoms with Crippen LogP contribution in [0.3, 0.4) is 0 Å². The van der Waals surface area contributed by atoms with Gasteiger partial charge in [-0.3, -0.25) is 9.69 Å². The molecule has 1 fully saturated rings. The highest BCUT2D eigenvalue weighted by atomic mass is 16.5. The van der Waals surface area contributed by atoms with Crippen LogP contribution in [0.4, 0.5) is 0 Å². The van der Waals surface area contributed by atoms with Crippen molar-refractivity contribution in [3.63, 3.8) is 0 Å². The molecule has 0 bridgehead atoms. The summed E-state index contributed by atoms with van der Waals surface area (Å²) in [5.41, 5.74) is 0.428. The summed E-state index contributed by atoms with van der Waals surface area (Å²) in [4.78, 5) is 30.0. The van der Waals surface area contributed by atoms with Crippen LogP contribution < -0.4 is 10.1 Å². The minimum atomic E-state index is -0.417. The quantitative estimate of drug-likeness (QED) is 0.681. The Morgan fingerprint density at radius 1 is 1.32 bits per heavy atom.